The molecule has 0 aliphatic carbocycles. The molecule has 0 fully saturated rings. The molecule has 9 heteroatoms. The lowest BCUT2D eigenvalue weighted by Gasteiger charge is -2.12. The van der Waals surface area contributed by atoms with Gasteiger partial charge in [0.25, 0.3) is 0 Å². The van der Waals surface area contributed by atoms with E-state index >= 15 is 0 Å². The van der Waals surface area contributed by atoms with Gasteiger partial charge in [-0.15, -0.1) is 10.2 Å². The van der Waals surface area contributed by atoms with Gasteiger partial charge in [-0.05, 0) is 31.2 Å². The summed E-state index contributed by atoms with van der Waals surface area (Å²) in [6, 6.07) is 6.64. The van der Waals surface area contributed by atoms with Crippen LogP contribution in [0, 0.1) is 11.6 Å². The number of anilines is 1. The first-order valence-corrected chi connectivity index (χ1v) is 8.56. The van der Waals surface area contributed by atoms with Crippen molar-refractivity contribution in [1.29, 1.82) is 0 Å². The van der Waals surface area contributed by atoms with Gasteiger partial charge in [-0.2, -0.15) is 0 Å². The Bertz CT molecular complexity index is 932. The van der Waals surface area contributed by atoms with Gasteiger partial charge in [0.1, 0.15) is 11.6 Å². The minimum atomic E-state index is -0.826. The SMILES string of the molecule is C[C@@H](Sc1nnc(-c2cccnc2)n1C)C(=O)Nc1ccc(F)cc1F. The van der Waals surface area contributed by atoms with Gasteiger partial charge in [0.15, 0.2) is 11.0 Å². The molecule has 3 aromatic rings. The van der Waals surface area contributed by atoms with E-state index in [-0.39, 0.29) is 5.69 Å². The normalized spacial score (nSPS) is 12.0. The van der Waals surface area contributed by atoms with Gasteiger partial charge in [-0.1, -0.05) is 11.8 Å². The summed E-state index contributed by atoms with van der Waals surface area (Å²) in [5.74, 6) is -1.33. The van der Waals surface area contributed by atoms with E-state index in [1.54, 1.807) is 37.0 Å². The van der Waals surface area contributed by atoms with Crippen molar-refractivity contribution in [2.24, 2.45) is 7.05 Å². The van der Waals surface area contributed by atoms with E-state index in [9.17, 15) is 13.6 Å². The number of pyridine rings is 1. The second-order valence-corrected chi connectivity index (χ2v) is 6.79. The summed E-state index contributed by atoms with van der Waals surface area (Å²) in [5, 5.41) is 10.6. The number of benzene rings is 1. The highest BCUT2D eigenvalue weighted by molar-refractivity contribution is 8.00. The maximum atomic E-state index is 13.7. The van der Waals surface area contributed by atoms with E-state index in [2.05, 4.69) is 20.5 Å². The predicted molar refractivity (Wildman–Crippen MR) is 94.5 cm³/mol. The lowest BCUT2D eigenvalue weighted by Crippen LogP contribution is -2.23. The first-order chi connectivity index (χ1) is 12.5. The third-order valence-corrected chi connectivity index (χ3v) is 4.73. The second-order valence-electron chi connectivity index (χ2n) is 5.48. The number of hydrogen-bond acceptors (Lipinski definition) is 5. The van der Waals surface area contributed by atoms with Gasteiger partial charge in [0, 0.05) is 31.1 Å². The summed E-state index contributed by atoms with van der Waals surface area (Å²) in [5.41, 5.74) is 0.734. The number of rotatable bonds is 5. The Labute approximate surface area is 152 Å². The fraction of sp³-hybridized carbons (Fsp3) is 0.176. The van der Waals surface area contributed by atoms with Gasteiger partial charge < -0.3 is 9.88 Å². The summed E-state index contributed by atoms with van der Waals surface area (Å²) >= 11 is 1.18. The van der Waals surface area contributed by atoms with Crippen molar-refractivity contribution in [2.45, 2.75) is 17.3 Å². The van der Waals surface area contributed by atoms with Crippen LogP contribution in [-0.2, 0) is 11.8 Å². The molecular formula is C17H15F2N5OS. The Kier molecular flexibility index (Phi) is 5.27. The molecule has 0 bridgehead atoms. The Morgan fingerprint density at radius 1 is 1.27 bits per heavy atom. The predicted octanol–water partition coefficient (Wildman–Crippen LogP) is 3.27. The van der Waals surface area contributed by atoms with Crippen LogP contribution in [0.5, 0.6) is 0 Å². The zero-order valence-electron chi connectivity index (χ0n) is 14.0. The summed E-state index contributed by atoms with van der Waals surface area (Å²) in [6.45, 7) is 1.67. The number of nitrogens with one attached hydrogen (secondary N) is 1. The Morgan fingerprint density at radius 2 is 2.08 bits per heavy atom. The molecule has 134 valence electrons. The van der Waals surface area contributed by atoms with E-state index in [0.717, 1.165) is 17.7 Å². The van der Waals surface area contributed by atoms with Gasteiger partial charge in [0.2, 0.25) is 5.91 Å². The fourth-order valence-electron chi connectivity index (χ4n) is 2.20. The number of aromatic nitrogens is 4. The standard InChI is InChI=1S/C17H15F2N5OS/c1-10(16(25)21-14-6-5-12(18)8-13(14)19)26-17-23-22-15(24(17)2)11-4-3-7-20-9-11/h3-10H,1-2H3,(H,21,25)/t10-/m1/s1. The molecule has 0 saturated carbocycles. The maximum Gasteiger partial charge on any atom is 0.237 e. The average molecular weight is 375 g/mol. The van der Waals surface area contributed by atoms with Crippen molar-refractivity contribution in [1.82, 2.24) is 19.7 Å². The van der Waals surface area contributed by atoms with Crippen molar-refractivity contribution < 1.29 is 13.6 Å². The molecule has 6 nitrogen and oxygen atoms in total. The molecule has 1 aromatic carbocycles. The molecule has 2 aromatic heterocycles. The zero-order valence-corrected chi connectivity index (χ0v) is 14.8. The number of amides is 1. The summed E-state index contributed by atoms with van der Waals surface area (Å²) in [7, 11) is 1.79. The van der Waals surface area contributed by atoms with Crippen LogP contribution in [0.3, 0.4) is 0 Å². The third kappa shape index (κ3) is 3.88. The number of halogens is 2. The largest absolute Gasteiger partial charge is 0.323 e. The number of hydrogen-bond donors (Lipinski definition) is 1. The Morgan fingerprint density at radius 3 is 2.77 bits per heavy atom. The van der Waals surface area contributed by atoms with Crippen LogP contribution in [0.15, 0.2) is 47.9 Å². The van der Waals surface area contributed by atoms with Gasteiger partial charge in [-0.25, -0.2) is 8.78 Å². The first-order valence-electron chi connectivity index (χ1n) is 7.68. The highest BCUT2D eigenvalue weighted by atomic mass is 32.2. The fourth-order valence-corrected chi connectivity index (χ4v) is 3.02. The quantitative estimate of drug-likeness (QED) is 0.693. The van der Waals surface area contributed by atoms with E-state index in [4.69, 9.17) is 0 Å². The minimum Gasteiger partial charge on any atom is -0.323 e. The monoisotopic (exact) mass is 375 g/mol. The van der Waals surface area contributed by atoms with E-state index in [1.165, 1.54) is 17.8 Å². The highest BCUT2D eigenvalue weighted by Crippen LogP contribution is 2.26. The molecular weight excluding hydrogens is 360 g/mol. The van der Waals surface area contributed by atoms with Crippen molar-refractivity contribution in [2.75, 3.05) is 5.32 Å². The first kappa shape index (κ1) is 18.0. The van der Waals surface area contributed by atoms with Crippen molar-refractivity contribution in [3.05, 3.63) is 54.4 Å². The number of thioether (sulfide) groups is 1. The summed E-state index contributed by atoms with van der Waals surface area (Å²) in [4.78, 5) is 16.3. The lowest BCUT2D eigenvalue weighted by atomic mass is 10.3. The van der Waals surface area contributed by atoms with Crippen molar-refractivity contribution in [3.63, 3.8) is 0 Å². The molecule has 0 saturated heterocycles. The van der Waals surface area contributed by atoms with E-state index < -0.39 is 22.8 Å². The molecule has 0 aliphatic heterocycles. The number of carbonyl (C=O) groups excluding carboxylic acids is 1. The van der Waals surface area contributed by atoms with Crippen LogP contribution >= 0.6 is 11.8 Å². The third-order valence-electron chi connectivity index (χ3n) is 3.60. The van der Waals surface area contributed by atoms with Crippen LogP contribution in [0.4, 0.5) is 14.5 Å². The van der Waals surface area contributed by atoms with Gasteiger partial charge in [0.05, 0.1) is 10.9 Å². The van der Waals surface area contributed by atoms with E-state index in [1.807, 2.05) is 6.07 Å². The average Bonchev–Trinajstić information content (AvgIpc) is 2.98. The second kappa shape index (κ2) is 7.61. The molecule has 1 amide bonds. The van der Waals surface area contributed by atoms with Crippen molar-refractivity contribution >= 4 is 23.4 Å². The van der Waals surface area contributed by atoms with Crippen LogP contribution in [0.1, 0.15) is 6.92 Å². The van der Waals surface area contributed by atoms with Crippen molar-refractivity contribution in [3.8, 4) is 11.4 Å². The highest BCUT2D eigenvalue weighted by Gasteiger charge is 2.20. The molecule has 0 radical (unpaired) electrons. The molecule has 0 aliphatic rings. The lowest BCUT2D eigenvalue weighted by molar-refractivity contribution is -0.115. The number of carbonyl (C=O) groups is 1. The Hall–Kier alpha value is -2.81. The van der Waals surface area contributed by atoms with Crippen LogP contribution < -0.4 is 5.32 Å². The number of nitrogens with zero attached hydrogens (tertiary/aromatic N) is 4. The van der Waals surface area contributed by atoms with Crippen LogP contribution in [0.25, 0.3) is 11.4 Å². The van der Waals surface area contributed by atoms with Crippen LogP contribution in [-0.4, -0.2) is 30.9 Å². The van der Waals surface area contributed by atoms with Crippen LogP contribution in [0.2, 0.25) is 0 Å². The molecule has 0 unspecified atom stereocenters. The minimum absolute atomic E-state index is 0.0714. The molecule has 3 rings (SSSR count). The molecule has 1 N–H and O–H groups in total. The summed E-state index contributed by atoms with van der Waals surface area (Å²) < 4.78 is 28.4. The van der Waals surface area contributed by atoms with Gasteiger partial charge in [-0.3, -0.25) is 9.78 Å². The maximum absolute atomic E-state index is 13.7. The van der Waals surface area contributed by atoms with E-state index in [0.29, 0.717) is 11.0 Å². The Balaban J connectivity index is 1.71. The molecule has 0 spiro atoms. The molecule has 2 heterocycles. The zero-order chi connectivity index (χ0) is 18.7. The molecule has 26 heavy (non-hydrogen) atoms. The molecule has 1 atom stereocenters. The van der Waals surface area contributed by atoms with Gasteiger partial charge >= 0.3 is 0 Å². The summed E-state index contributed by atoms with van der Waals surface area (Å²) in [6.07, 6.45) is 3.34. The smallest absolute Gasteiger partial charge is 0.237 e. The topological polar surface area (TPSA) is 72.7 Å².